The third-order valence-electron chi connectivity index (χ3n) is 0.733. The topological polar surface area (TPSA) is 0 Å². The molecule has 40 valence electrons. The standard InChI is InChI=1S/C6H5I.Ca.2H/c7-6-4-2-1-3-5-6;;;/h1-5H;;;/q;+2;2*-1. The minimum Gasteiger partial charge on any atom is -1.00 e. The Kier molecular flexibility index (Phi) is 5.79. The smallest absolute Gasteiger partial charge is 1.00 e. The molecular weight excluding hydrogens is 239 g/mol. The molecule has 0 aliphatic heterocycles. The van der Waals surface area contributed by atoms with E-state index in [4.69, 9.17) is 0 Å². The van der Waals surface area contributed by atoms with Crippen LogP contribution in [0.15, 0.2) is 30.3 Å². The van der Waals surface area contributed by atoms with E-state index in [2.05, 4.69) is 34.7 Å². The van der Waals surface area contributed by atoms with E-state index < -0.39 is 0 Å². The van der Waals surface area contributed by atoms with Gasteiger partial charge >= 0.3 is 37.7 Å². The predicted octanol–water partition coefficient (Wildman–Crippen LogP) is 2.14. The first-order valence-electron chi connectivity index (χ1n) is 2.10. The van der Waals surface area contributed by atoms with Crippen molar-refractivity contribution in [3.63, 3.8) is 0 Å². The van der Waals surface area contributed by atoms with Crippen molar-refractivity contribution in [1.82, 2.24) is 0 Å². The first kappa shape index (κ1) is 9.21. The van der Waals surface area contributed by atoms with Crippen LogP contribution in [0.3, 0.4) is 0 Å². The van der Waals surface area contributed by atoms with E-state index in [9.17, 15) is 0 Å². The van der Waals surface area contributed by atoms with E-state index in [0.29, 0.717) is 0 Å². The van der Waals surface area contributed by atoms with Crippen molar-refractivity contribution in [2.24, 2.45) is 0 Å². The Bertz CT molecular complexity index is 146. The molecule has 0 aliphatic carbocycles. The fourth-order valence-corrected chi connectivity index (χ4v) is 0.830. The van der Waals surface area contributed by atoms with Crippen LogP contribution in [0.1, 0.15) is 2.85 Å². The van der Waals surface area contributed by atoms with Gasteiger partial charge in [0.15, 0.2) is 0 Å². The third-order valence-corrected chi connectivity index (χ3v) is 1.45. The number of halogens is 1. The molecule has 2 heteroatoms. The van der Waals surface area contributed by atoms with Gasteiger partial charge in [-0.2, -0.15) is 0 Å². The van der Waals surface area contributed by atoms with Gasteiger partial charge in [-0.05, 0) is 34.7 Å². The number of rotatable bonds is 0. The molecule has 1 aromatic rings. The largest absolute Gasteiger partial charge is 2.00 e. The first-order chi connectivity index (χ1) is 3.39. The minimum absolute atomic E-state index is 0. The second-order valence-corrected chi connectivity index (χ2v) is 2.54. The van der Waals surface area contributed by atoms with Gasteiger partial charge in [0.05, 0.1) is 0 Å². The van der Waals surface area contributed by atoms with Crippen molar-refractivity contribution >= 4 is 60.3 Å². The molecule has 0 nitrogen and oxygen atoms in total. The summed E-state index contributed by atoms with van der Waals surface area (Å²) in [7, 11) is 0. The Morgan fingerprint density at radius 3 is 1.88 bits per heavy atom. The fraction of sp³-hybridized carbons (Fsp3) is 0. The van der Waals surface area contributed by atoms with Gasteiger partial charge in [-0.25, -0.2) is 0 Å². The van der Waals surface area contributed by atoms with Crippen LogP contribution in [0.2, 0.25) is 0 Å². The first-order valence-corrected chi connectivity index (χ1v) is 3.18. The Morgan fingerprint density at radius 2 is 1.62 bits per heavy atom. The van der Waals surface area contributed by atoms with Gasteiger partial charge in [0.1, 0.15) is 0 Å². The zero-order valence-electron chi connectivity index (χ0n) is 6.47. The van der Waals surface area contributed by atoms with Gasteiger partial charge in [-0.1, -0.05) is 18.2 Å². The zero-order valence-corrected chi connectivity index (χ0v) is 8.84. The second-order valence-electron chi connectivity index (χ2n) is 1.30. The van der Waals surface area contributed by atoms with Crippen LogP contribution in [-0.2, 0) is 0 Å². The number of hydrogen-bond acceptors (Lipinski definition) is 0. The summed E-state index contributed by atoms with van der Waals surface area (Å²) in [6.07, 6.45) is 0. The monoisotopic (exact) mass is 246 g/mol. The van der Waals surface area contributed by atoms with Gasteiger partial charge in [-0.15, -0.1) is 0 Å². The predicted molar refractivity (Wildman–Crippen MR) is 47.1 cm³/mol. The molecule has 1 rings (SSSR count). The molecule has 0 bridgehead atoms. The van der Waals surface area contributed by atoms with E-state index in [1.807, 2.05) is 18.2 Å². The van der Waals surface area contributed by atoms with Crippen LogP contribution in [0.4, 0.5) is 0 Å². The second kappa shape index (κ2) is 5.03. The minimum atomic E-state index is 0. The van der Waals surface area contributed by atoms with Crippen molar-refractivity contribution in [2.45, 2.75) is 0 Å². The zero-order chi connectivity index (χ0) is 5.11. The summed E-state index contributed by atoms with van der Waals surface area (Å²) in [5, 5.41) is 0. The van der Waals surface area contributed by atoms with Crippen LogP contribution in [0, 0.1) is 3.57 Å². The molecule has 0 aliphatic rings. The summed E-state index contributed by atoms with van der Waals surface area (Å²) < 4.78 is 1.29. The molecule has 0 saturated heterocycles. The summed E-state index contributed by atoms with van der Waals surface area (Å²) in [6.45, 7) is 0. The van der Waals surface area contributed by atoms with Crippen LogP contribution >= 0.6 is 22.6 Å². The summed E-state index contributed by atoms with van der Waals surface area (Å²) in [5.41, 5.74) is 0. The number of hydrogen-bond donors (Lipinski definition) is 0. The Balaban J connectivity index is -0.000000163. The Morgan fingerprint density at radius 1 is 1.12 bits per heavy atom. The quantitative estimate of drug-likeness (QED) is 0.486. The molecule has 0 fully saturated rings. The average molecular weight is 246 g/mol. The molecule has 8 heavy (non-hydrogen) atoms. The summed E-state index contributed by atoms with van der Waals surface area (Å²) in [5.74, 6) is 0. The molecule has 0 spiro atoms. The van der Waals surface area contributed by atoms with Gasteiger partial charge in [0, 0.05) is 3.57 Å². The van der Waals surface area contributed by atoms with E-state index >= 15 is 0 Å². The Hall–Kier alpha value is 1.21. The van der Waals surface area contributed by atoms with E-state index in [-0.39, 0.29) is 40.6 Å². The molecule has 0 N–H and O–H groups in total. The number of benzene rings is 1. The SMILES string of the molecule is Ic1ccccc1.[Ca+2].[H-].[H-]. The van der Waals surface area contributed by atoms with E-state index in [0.717, 1.165) is 0 Å². The van der Waals surface area contributed by atoms with Crippen molar-refractivity contribution in [3.05, 3.63) is 33.9 Å². The molecule has 0 unspecified atom stereocenters. The molecule has 0 saturated carbocycles. The third kappa shape index (κ3) is 3.28. The van der Waals surface area contributed by atoms with E-state index in [1.165, 1.54) is 3.57 Å². The molecule has 1 aromatic carbocycles. The van der Waals surface area contributed by atoms with Crippen molar-refractivity contribution in [1.29, 1.82) is 0 Å². The maximum atomic E-state index is 2.28. The van der Waals surface area contributed by atoms with Gasteiger partial charge in [-0.3, -0.25) is 0 Å². The summed E-state index contributed by atoms with van der Waals surface area (Å²) >= 11 is 2.28. The van der Waals surface area contributed by atoms with Crippen LogP contribution in [-0.4, -0.2) is 37.7 Å². The van der Waals surface area contributed by atoms with Crippen LogP contribution in [0.25, 0.3) is 0 Å². The Labute approximate surface area is 95.8 Å². The van der Waals surface area contributed by atoms with Crippen LogP contribution < -0.4 is 0 Å². The maximum Gasteiger partial charge on any atom is 2.00 e. The van der Waals surface area contributed by atoms with Gasteiger partial charge in [0.2, 0.25) is 0 Å². The van der Waals surface area contributed by atoms with Crippen molar-refractivity contribution < 1.29 is 2.85 Å². The molecule has 0 aromatic heterocycles. The maximum absolute atomic E-state index is 2.28. The summed E-state index contributed by atoms with van der Waals surface area (Å²) in [6, 6.07) is 10.2. The normalized spacial score (nSPS) is 7.62. The van der Waals surface area contributed by atoms with Crippen molar-refractivity contribution in [3.8, 4) is 0 Å². The molecule has 0 amide bonds. The van der Waals surface area contributed by atoms with Gasteiger partial charge < -0.3 is 2.85 Å². The average Bonchev–Trinajstić information content (AvgIpc) is 1.69. The molecule has 0 heterocycles. The van der Waals surface area contributed by atoms with Crippen LogP contribution in [0.5, 0.6) is 0 Å². The van der Waals surface area contributed by atoms with E-state index in [1.54, 1.807) is 0 Å². The van der Waals surface area contributed by atoms with Crippen molar-refractivity contribution in [2.75, 3.05) is 0 Å². The molecule has 0 atom stereocenters. The fourth-order valence-electron chi connectivity index (χ4n) is 0.415. The summed E-state index contributed by atoms with van der Waals surface area (Å²) in [4.78, 5) is 0. The molecular formula is C6H7CaI. The molecule has 0 radical (unpaired) electrons. The van der Waals surface area contributed by atoms with Gasteiger partial charge in [0.25, 0.3) is 0 Å².